The Labute approximate surface area is 145 Å². The fraction of sp³-hybridized carbons (Fsp3) is 0.263. The quantitative estimate of drug-likeness (QED) is 0.684. The lowest BCUT2D eigenvalue weighted by Gasteiger charge is -2.14. The van der Waals surface area contributed by atoms with E-state index in [1.807, 2.05) is 13.8 Å². The van der Waals surface area contributed by atoms with Gasteiger partial charge in [-0.25, -0.2) is 4.79 Å². The Morgan fingerprint density at radius 1 is 1.20 bits per heavy atom. The molecule has 0 amide bonds. The van der Waals surface area contributed by atoms with E-state index in [0.717, 1.165) is 0 Å². The van der Waals surface area contributed by atoms with Gasteiger partial charge in [0.2, 0.25) is 0 Å². The molecule has 0 aromatic carbocycles. The molecule has 3 heterocycles. The summed E-state index contributed by atoms with van der Waals surface area (Å²) in [7, 11) is 1.33. The van der Waals surface area contributed by atoms with Crippen LogP contribution in [0.2, 0.25) is 0 Å². The number of carbonyl (C=O) groups excluding carboxylic acids is 1. The van der Waals surface area contributed by atoms with E-state index in [1.165, 1.54) is 11.7 Å². The Balaban J connectivity index is 2.42. The highest BCUT2D eigenvalue weighted by Gasteiger charge is 2.21. The summed E-state index contributed by atoms with van der Waals surface area (Å²) in [5, 5.41) is 1.03. The predicted octanol–water partition coefficient (Wildman–Crippen LogP) is 2.69. The van der Waals surface area contributed by atoms with Gasteiger partial charge in [-0.2, -0.15) is 0 Å². The van der Waals surface area contributed by atoms with Crippen LogP contribution in [-0.4, -0.2) is 27.6 Å². The summed E-state index contributed by atoms with van der Waals surface area (Å²) in [5.74, 6) is -0.476. The van der Waals surface area contributed by atoms with Crippen molar-refractivity contribution in [2.45, 2.75) is 26.7 Å². The van der Waals surface area contributed by atoms with Gasteiger partial charge in [0.1, 0.15) is 0 Å². The zero-order valence-electron chi connectivity index (χ0n) is 14.4. The lowest BCUT2D eigenvalue weighted by molar-refractivity contribution is 0.0601. The van der Waals surface area contributed by atoms with Crippen molar-refractivity contribution >= 4 is 16.7 Å². The number of ether oxygens (including phenoxy) is 1. The van der Waals surface area contributed by atoms with E-state index >= 15 is 0 Å². The number of aromatic nitrogens is 3. The van der Waals surface area contributed by atoms with Crippen molar-refractivity contribution in [1.29, 1.82) is 0 Å². The molecule has 6 heteroatoms. The predicted molar refractivity (Wildman–Crippen MR) is 95.2 cm³/mol. The minimum atomic E-state index is -0.476. The fourth-order valence-corrected chi connectivity index (χ4v) is 2.99. The first-order valence-electron chi connectivity index (χ1n) is 8.18. The lowest BCUT2D eigenvalue weighted by Crippen LogP contribution is -2.22. The van der Waals surface area contributed by atoms with Gasteiger partial charge in [-0.1, -0.05) is 13.8 Å². The molecule has 0 bridgehead atoms. The Bertz CT molecular complexity index is 994. The molecule has 25 heavy (non-hydrogen) atoms. The SMILES string of the molecule is CCc1nc(CC)c2c(=O)n(-c3cccnc3)ccc2c1C(=O)OC. The average Bonchev–Trinajstić information content (AvgIpc) is 2.66. The largest absolute Gasteiger partial charge is 0.465 e. The average molecular weight is 337 g/mol. The number of hydrogen-bond acceptors (Lipinski definition) is 5. The van der Waals surface area contributed by atoms with E-state index in [1.54, 1.807) is 36.8 Å². The molecule has 0 aliphatic carbocycles. The summed E-state index contributed by atoms with van der Waals surface area (Å²) < 4.78 is 6.43. The molecule has 0 spiro atoms. The number of fused-ring (bicyclic) bond motifs is 1. The van der Waals surface area contributed by atoms with Gasteiger partial charge in [-0.05, 0) is 31.0 Å². The number of nitrogens with zero attached hydrogens (tertiary/aromatic N) is 3. The van der Waals surface area contributed by atoms with Crippen molar-refractivity contribution in [2.75, 3.05) is 7.11 Å². The maximum absolute atomic E-state index is 13.1. The minimum Gasteiger partial charge on any atom is -0.465 e. The monoisotopic (exact) mass is 337 g/mol. The second-order valence-corrected chi connectivity index (χ2v) is 5.57. The van der Waals surface area contributed by atoms with E-state index in [2.05, 4.69) is 9.97 Å². The maximum Gasteiger partial charge on any atom is 0.340 e. The van der Waals surface area contributed by atoms with E-state index < -0.39 is 5.97 Å². The molecule has 0 saturated carbocycles. The highest BCUT2D eigenvalue weighted by atomic mass is 16.5. The van der Waals surface area contributed by atoms with Gasteiger partial charge in [-0.3, -0.25) is 19.3 Å². The summed E-state index contributed by atoms with van der Waals surface area (Å²) in [6.45, 7) is 3.87. The minimum absolute atomic E-state index is 0.220. The third-order valence-electron chi connectivity index (χ3n) is 4.19. The van der Waals surface area contributed by atoms with Crippen molar-refractivity contribution in [1.82, 2.24) is 14.5 Å². The first-order chi connectivity index (χ1) is 12.1. The van der Waals surface area contributed by atoms with Crippen molar-refractivity contribution in [3.8, 4) is 5.69 Å². The van der Waals surface area contributed by atoms with Crippen molar-refractivity contribution in [3.63, 3.8) is 0 Å². The molecule has 0 radical (unpaired) electrons. The Kier molecular flexibility index (Phi) is 4.61. The Morgan fingerprint density at radius 2 is 1.96 bits per heavy atom. The van der Waals surface area contributed by atoms with Crippen molar-refractivity contribution in [2.24, 2.45) is 0 Å². The first kappa shape index (κ1) is 16.8. The topological polar surface area (TPSA) is 74.1 Å². The van der Waals surface area contributed by atoms with Crippen LogP contribution in [0.3, 0.4) is 0 Å². The number of esters is 1. The van der Waals surface area contributed by atoms with Gasteiger partial charge in [0.25, 0.3) is 5.56 Å². The van der Waals surface area contributed by atoms with E-state index in [4.69, 9.17) is 4.74 Å². The molecule has 6 nitrogen and oxygen atoms in total. The highest BCUT2D eigenvalue weighted by molar-refractivity contribution is 6.05. The summed E-state index contributed by atoms with van der Waals surface area (Å²) in [4.78, 5) is 34.0. The summed E-state index contributed by atoms with van der Waals surface area (Å²) in [5.41, 5.74) is 2.14. The standard InChI is InChI=1S/C19H19N3O3/c1-4-14-16-13(17(19(24)25-3)15(5-2)21-14)8-10-22(18(16)23)12-7-6-9-20-11-12/h6-11H,4-5H2,1-3H3. The summed E-state index contributed by atoms with van der Waals surface area (Å²) >= 11 is 0. The molecule has 0 aliphatic heterocycles. The van der Waals surface area contributed by atoms with Crippen LogP contribution in [0.1, 0.15) is 35.6 Å². The number of hydrogen-bond donors (Lipinski definition) is 0. The number of carbonyl (C=O) groups is 1. The van der Waals surface area contributed by atoms with Crippen LogP contribution in [0.25, 0.3) is 16.5 Å². The normalized spacial score (nSPS) is 10.8. The maximum atomic E-state index is 13.1. The Hall–Kier alpha value is -3.02. The molecule has 0 fully saturated rings. The summed E-state index contributed by atoms with van der Waals surface area (Å²) in [6.07, 6.45) is 6.11. The molecule has 0 unspecified atom stereocenters. The molecule has 0 aliphatic rings. The molecule has 0 saturated heterocycles. The van der Waals surface area contributed by atoms with Crippen LogP contribution in [0.5, 0.6) is 0 Å². The van der Waals surface area contributed by atoms with E-state index in [-0.39, 0.29) is 5.56 Å². The van der Waals surface area contributed by atoms with Crippen LogP contribution in [0, 0.1) is 0 Å². The van der Waals surface area contributed by atoms with Crippen LogP contribution in [0.15, 0.2) is 41.6 Å². The molecule has 0 N–H and O–H groups in total. The third kappa shape index (κ3) is 2.80. The fourth-order valence-electron chi connectivity index (χ4n) is 2.99. The van der Waals surface area contributed by atoms with Gasteiger partial charge in [-0.15, -0.1) is 0 Å². The van der Waals surface area contributed by atoms with Crippen molar-refractivity contribution < 1.29 is 9.53 Å². The Morgan fingerprint density at radius 3 is 2.56 bits per heavy atom. The molecule has 3 aromatic rings. The number of pyridine rings is 3. The molecule has 3 rings (SSSR count). The number of methoxy groups -OCH3 is 1. The number of rotatable bonds is 4. The van der Waals surface area contributed by atoms with Crippen LogP contribution in [-0.2, 0) is 17.6 Å². The van der Waals surface area contributed by atoms with Crippen molar-refractivity contribution in [3.05, 3.63) is 64.1 Å². The highest BCUT2D eigenvalue weighted by Crippen LogP contribution is 2.24. The first-order valence-corrected chi connectivity index (χ1v) is 8.18. The molecule has 128 valence electrons. The second-order valence-electron chi connectivity index (χ2n) is 5.57. The van der Waals surface area contributed by atoms with Gasteiger partial charge in [0.15, 0.2) is 0 Å². The molecular weight excluding hydrogens is 318 g/mol. The molecular formula is C19H19N3O3. The second kappa shape index (κ2) is 6.84. The zero-order valence-corrected chi connectivity index (χ0v) is 14.4. The van der Waals surface area contributed by atoms with Gasteiger partial charge < -0.3 is 4.74 Å². The van der Waals surface area contributed by atoms with Crippen LogP contribution < -0.4 is 5.56 Å². The summed E-state index contributed by atoms with van der Waals surface area (Å²) in [6, 6.07) is 5.35. The zero-order chi connectivity index (χ0) is 18.0. The molecule has 0 atom stereocenters. The van der Waals surface area contributed by atoms with Crippen LogP contribution in [0.4, 0.5) is 0 Å². The van der Waals surface area contributed by atoms with Gasteiger partial charge in [0, 0.05) is 17.8 Å². The number of aryl methyl sites for hydroxylation is 2. The smallest absolute Gasteiger partial charge is 0.340 e. The third-order valence-corrected chi connectivity index (χ3v) is 4.19. The molecule has 3 aromatic heterocycles. The van der Waals surface area contributed by atoms with E-state index in [0.29, 0.717) is 46.3 Å². The van der Waals surface area contributed by atoms with Gasteiger partial charge in [0.05, 0.1) is 41.3 Å². The van der Waals surface area contributed by atoms with E-state index in [9.17, 15) is 9.59 Å². The van der Waals surface area contributed by atoms with Crippen LogP contribution >= 0.6 is 0 Å². The lowest BCUT2D eigenvalue weighted by atomic mass is 10.0. The van der Waals surface area contributed by atoms with Gasteiger partial charge >= 0.3 is 5.97 Å².